The van der Waals surface area contributed by atoms with Crippen LogP contribution in [-0.2, 0) is 0 Å². The van der Waals surface area contributed by atoms with Gasteiger partial charge in [0.25, 0.3) is 0 Å². The van der Waals surface area contributed by atoms with Crippen molar-refractivity contribution in [1.82, 2.24) is 14.5 Å². The van der Waals surface area contributed by atoms with E-state index in [4.69, 9.17) is 12.2 Å². The van der Waals surface area contributed by atoms with Gasteiger partial charge in [0.1, 0.15) is 5.82 Å². The fourth-order valence-corrected chi connectivity index (χ4v) is 2.43. The van der Waals surface area contributed by atoms with Crippen LogP contribution in [0.5, 0.6) is 0 Å². The summed E-state index contributed by atoms with van der Waals surface area (Å²) in [4.78, 5) is 7.58. The highest BCUT2D eigenvalue weighted by atomic mass is 32.1. The molecule has 1 N–H and O–H groups in total. The number of pyridine rings is 1. The highest BCUT2D eigenvalue weighted by Crippen LogP contribution is 2.22. The van der Waals surface area contributed by atoms with Crippen molar-refractivity contribution in [2.24, 2.45) is 0 Å². The van der Waals surface area contributed by atoms with Gasteiger partial charge in [-0.15, -0.1) is 0 Å². The van der Waals surface area contributed by atoms with Gasteiger partial charge in [-0.2, -0.15) is 0 Å². The van der Waals surface area contributed by atoms with Crippen molar-refractivity contribution < 1.29 is 4.39 Å². The molecule has 0 aliphatic carbocycles. The number of H-pyrrole nitrogens is 1. The van der Waals surface area contributed by atoms with Gasteiger partial charge in [0.15, 0.2) is 10.4 Å². The number of halogens is 1. The van der Waals surface area contributed by atoms with Gasteiger partial charge >= 0.3 is 0 Å². The smallest absolute Gasteiger partial charge is 0.184 e. The second-order valence-electron chi connectivity index (χ2n) is 4.47. The maximum absolute atomic E-state index is 13.7. The first-order valence-corrected chi connectivity index (χ1v) is 6.32. The number of aryl methyl sites for hydroxylation is 1. The standard InChI is InChI=1S/C14H12FN3S/c1-8-6-7-11-13(16-8)18(14(19)17-11)12-5-3-4-10(15)9(12)2/h3-7H,1-2H3,(H,17,19). The number of benzene rings is 1. The van der Waals surface area contributed by atoms with E-state index in [1.54, 1.807) is 17.6 Å². The number of hydrogen-bond acceptors (Lipinski definition) is 2. The quantitative estimate of drug-likeness (QED) is 0.683. The van der Waals surface area contributed by atoms with Crippen LogP contribution in [0.15, 0.2) is 30.3 Å². The van der Waals surface area contributed by atoms with Crippen molar-refractivity contribution in [2.45, 2.75) is 13.8 Å². The lowest BCUT2D eigenvalue weighted by molar-refractivity contribution is 0.617. The summed E-state index contributed by atoms with van der Waals surface area (Å²) in [5.74, 6) is -0.249. The van der Waals surface area contributed by atoms with Crippen molar-refractivity contribution in [3.8, 4) is 5.69 Å². The first-order valence-electron chi connectivity index (χ1n) is 5.92. The molecule has 0 amide bonds. The predicted molar refractivity (Wildman–Crippen MR) is 75.7 cm³/mol. The Morgan fingerprint density at radius 2 is 2.00 bits per heavy atom. The number of aromatic amines is 1. The minimum Gasteiger partial charge on any atom is -0.329 e. The van der Waals surface area contributed by atoms with Crippen LogP contribution >= 0.6 is 12.2 Å². The third-order valence-electron chi connectivity index (χ3n) is 3.15. The monoisotopic (exact) mass is 273 g/mol. The zero-order valence-corrected chi connectivity index (χ0v) is 11.4. The molecule has 2 aromatic heterocycles. The Hall–Kier alpha value is -2.01. The summed E-state index contributed by atoms with van der Waals surface area (Å²) in [6, 6.07) is 8.80. The second-order valence-corrected chi connectivity index (χ2v) is 4.86. The van der Waals surface area contributed by atoms with Gasteiger partial charge in [-0.05, 0) is 50.3 Å². The van der Waals surface area contributed by atoms with E-state index in [-0.39, 0.29) is 5.82 Å². The van der Waals surface area contributed by atoms with E-state index in [9.17, 15) is 4.39 Å². The third-order valence-corrected chi connectivity index (χ3v) is 3.44. The van der Waals surface area contributed by atoms with Crippen molar-refractivity contribution in [1.29, 1.82) is 0 Å². The number of hydrogen-bond donors (Lipinski definition) is 1. The third kappa shape index (κ3) is 1.86. The van der Waals surface area contributed by atoms with Gasteiger partial charge in [-0.25, -0.2) is 9.37 Å². The molecule has 3 aromatic rings. The SMILES string of the molecule is Cc1ccc2[nH]c(=S)n(-c3cccc(F)c3C)c2n1. The summed E-state index contributed by atoms with van der Waals surface area (Å²) in [5, 5.41) is 0. The lowest BCUT2D eigenvalue weighted by Crippen LogP contribution is -2.00. The summed E-state index contributed by atoms with van der Waals surface area (Å²) < 4.78 is 16.0. The van der Waals surface area contributed by atoms with Crippen LogP contribution in [0.2, 0.25) is 0 Å². The molecule has 5 heteroatoms. The molecule has 2 heterocycles. The maximum atomic E-state index is 13.7. The summed E-state index contributed by atoms with van der Waals surface area (Å²) in [6.45, 7) is 3.65. The van der Waals surface area contributed by atoms with Crippen LogP contribution in [0.1, 0.15) is 11.3 Å². The molecular formula is C14H12FN3S. The molecular weight excluding hydrogens is 261 g/mol. The zero-order valence-electron chi connectivity index (χ0n) is 10.6. The fourth-order valence-electron chi connectivity index (χ4n) is 2.14. The molecule has 0 bridgehead atoms. The Bertz CT molecular complexity index is 832. The number of nitrogens with zero attached hydrogens (tertiary/aromatic N) is 2. The highest BCUT2D eigenvalue weighted by molar-refractivity contribution is 7.71. The van der Waals surface area contributed by atoms with Gasteiger partial charge in [-0.1, -0.05) is 6.07 Å². The summed E-state index contributed by atoms with van der Waals surface area (Å²) in [5.41, 5.74) is 3.74. The van der Waals surface area contributed by atoms with Crippen molar-refractivity contribution in [2.75, 3.05) is 0 Å². The fraction of sp³-hybridized carbons (Fsp3) is 0.143. The first-order chi connectivity index (χ1) is 9.08. The van der Waals surface area contributed by atoms with Crippen molar-refractivity contribution >= 4 is 23.4 Å². The Labute approximate surface area is 114 Å². The Kier molecular flexibility index (Phi) is 2.71. The van der Waals surface area contributed by atoms with Gasteiger partial charge < -0.3 is 4.98 Å². The Morgan fingerprint density at radius 1 is 1.21 bits per heavy atom. The molecule has 0 saturated carbocycles. The number of aromatic nitrogens is 3. The molecule has 3 nitrogen and oxygen atoms in total. The summed E-state index contributed by atoms with van der Waals surface area (Å²) >= 11 is 5.33. The second kappa shape index (κ2) is 4.28. The van der Waals surface area contributed by atoms with Gasteiger partial charge in [0.05, 0.1) is 11.2 Å². The minimum atomic E-state index is -0.249. The van der Waals surface area contributed by atoms with E-state index >= 15 is 0 Å². The normalized spacial score (nSPS) is 11.1. The summed E-state index contributed by atoms with van der Waals surface area (Å²) in [6.07, 6.45) is 0. The average molecular weight is 273 g/mol. The zero-order chi connectivity index (χ0) is 13.6. The molecule has 96 valence electrons. The van der Waals surface area contributed by atoms with Crippen LogP contribution < -0.4 is 0 Å². The number of nitrogens with one attached hydrogen (secondary N) is 1. The topological polar surface area (TPSA) is 33.6 Å². The summed E-state index contributed by atoms with van der Waals surface area (Å²) in [7, 11) is 0. The largest absolute Gasteiger partial charge is 0.329 e. The van der Waals surface area contributed by atoms with Gasteiger partial charge in [0.2, 0.25) is 0 Å². The van der Waals surface area contributed by atoms with Crippen LogP contribution in [0, 0.1) is 24.4 Å². The van der Waals surface area contributed by atoms with E-state index in [2.05, 4.69) is 9.97 Å². The lowest BCUT2D eigenvalue weighted by atomic mass is 10.2. The van der Waals surface area contributed by atoms with E-state index in [1.807, 2.05) is 25.1 Å². The number of imidazole rings is 1. The molecule has 1 aromatic carbocycles. The molecule has 0 radical (unpaired) electrons. The minimum absolute atomic E-state index is 0.249. The number of rotatable bonds is 1. The van der Waals surface area contributed by atoms with E-state index in [1.165, 1.54) is 6.07 Å². The molecule has 0 saturated heterocycles. The van der Waals surface area contributed by atoms with Crippen molar-refractivity contribution in [3.05, 3.63) is 52.2 Å². The van der Waals surface area contributed by atoms with E-state index in [0.29, 0.717) is 16.0 Å². The van der Waals surface area contributed by atoms with Crippen LogP contribution in [0.3, 0.4) is 0 Å². The van der Waals surface area contributed by atoms with E-state index < -0.39 is 0 Å². The number of fused-ring (bicyclic) bond motifs is 1. The molecule has 0 spiro atoms. The molecule has 0 unspecified atom stereocenters. The Morgan fingerprint density at radius 3 is 2.79 bits per heavy atom. The first kappa shape index (κ1) is 12.0. The highest BCUT2D eigenvalue weighted by Gasteiger charge is 2.11. The maximum Gasteiger partial charge on any atom is 0.184 e. The lowest BCUT2D eigenvalue weighted by Gasteiger charge is -2.08. The average Bonchev–Trinajstić information content (AvgIpc) is 2.69. The van der Waals surface area contributed by atoms with Gasteiger partial charge in [-0.3, -0.25) is 4.57 Å². The Balaban J connectivity index is 2.42. The molecule has 0 aliphatic heterocycles. The molecule has 19 heavy (non-hydrogen) atoms. The van der Waals surface area contributed by atoms with E-state index in [0.717, 1.165) is 16.9 Å². The van der Waals surface area contributed by atoms with Crippen LogP contribution in [-0.4, -0.2) is 14.5 Å². The molecule has 0 atom stereocenters. The molecule has 0 fully saturated rings. The van der Waals surface area contributed by atoms with Gasteiger partial charge in [0, 0.05) is 11.3 Å². The molecule has 0 aliphatic rings. The van der Waals surface area contributed by atoms with Crippen LogP contribution in [0.25, 0.3) is 16.9 Å². The predicted octanol–water partition coefficient (Wildman–Crippen LogP) is 3.84. The van der Waals surface area contributed by atoms with Crippen molar-refractivity contribution in [3.63, 3.8) is 0 Å². The molecule has 3 rings (SSSR count). The van der Waals surface area contributed by atoms with Crippen LogP contribution in [0.4, 0.5) is 4.39 Å².